The molecular formula is C74H127N. The number of hydrogen-bond acceptors (Lipinski definition) is 1. The summed E-state index contributed by atoms with van der Waals surface area (Å²) in [5, 5.41) is 0. The first-order chi connectivity index (χ1) is 37.3. The minimum Gasteiger partial charge on any atom is -0.310 e. The molecule has 0 unspecified atom stereocenters. The summed E-state index contributed by atoms with van der Waals surface area (Å²) < 4.78 is 0. The topological polar surface area (TPSA) is 3.24 Å². The minimum atomic E-state index is 1.12. The second kappa shape index (κ2) is 82.4. The fourth-order valence-electron chi connectivity index (χ4n) is 5.73. The number of nitrogens with zero attached hydrogens (tertiary/aromatic N) is 1. The molecule has 0 amide bonds. The van der Waals surface area contributed by atoms with Crippen LogP contribution in [0.2, 0.25) is 0 Å². The predicted octanol–water partition coefficient (Wildman–Crippen LogP) is 28.2. The van der Waals surface area contributed by atoms with E-state index in [9.17, 15) is 0 Å². The summed E-state index contributed by atoms with van der Waals surface area (Å²) in [5.74, 6) is 0. The van der Waals surface area contributed by atoms with Gasteiger partial charge in [-0.05, 0) is 93.5 Å². The zero-order valence-electron chi connectivity index (χ0n) is 55.8. The first-order valence-corrected chi connectivity index (χ1v) is 30.7. The Morgan fingerprint density at radius 1 is 0.173 bits per heavy atom. The summed E-state index contributed by atoms with van der Waals surface area (Å²) in [6.45, 7) is 64.0. The van der Waals surface area contributed by atoms with Crippen LogP contribution >= 0.6 is 0 Å². The molecule has 0 atom stereocenters. The maximum Gasteiger partial charge on any atom is 0.0540 e. The van der Waals surface area contributed by atoms with Crippen molar-refractivity contribution in [3.63, 3.8) is 0 Å². The highest BCUT2D eigenvalue weighted by Gasteiger charge is 2.18. The van der Waals surface area contributed by atoms with E-state index in [0.717, 1.165) is 17.1 Å². The van der Waals surface area contributed by atoms with Crippen LogP contribution in [0.4, 0.5) is 17.1 Å². The molecule has 0 bridgehead atoms. The molecule has 0 radical (unpaired) electrons. The highest BCUT2D eigenvalue weighted by atomic mass is 15.1. The molecule has 0 saturated carbocycles. The number of hydrogen-bond donors (Lipinski definition) is 0. The number of benzene rings is 7. The van der Waals surface area contributed by atoms with Gasteiger partial charge in [0.1, 0.15) is 0 Å². The van der Waals surface area contributed by atoms with Gasteiger partial charge in [0.05, 0.1) is 5.69 Å². The molecule has 75 heavy (non-hydrogen) atoms. The van der Waals surface area contributed by atoms with Crippen molar-refractivity contribution in [2.75, 3.05) is 4.90 Å². The predicted molar refractivity (Wildman–Crippen MR) is 364 cm³/mol. The minimum absolute atomic E-state index is 1.12. The van der Waals surface area contributed by atoms with Gasteiger partial charge in [-0.2, -0.15) is 0 Å². The maximum absolute atomic E-state index is 2.35. The van der Waals surface area contributed by atoms with Crippen molar-refractivity contribution in [3.05, 3.63) is 188 Å². The van der Waals surface area contributed by atoms with Gasteiger partial charge in [-0.1, -0.05) is 355 Å². The van der Waals surface area contributed by atoms with Crippen LogP contribution in [0.15, 0.2) is 188 Å². The lowest BCUT2D eigenvalue weighted by molar-refractivity contribution is 1.28. The Balaban J connectivity index is -0.000000142. The standard InChI is InChI=1S/C42H31N.16C2H6/c1-6-16-32(17-7-1)36-28-37(33-18-8-2-9-19-33)30-38(29-36)35-26-27-42(41(31-35)34-20-10-3-11-21-34)43(39-22-12-4-13-23-39)40-24-14-5-15-25-40;16*1-2/h1-31H;16*1-2H3. The molecule has 0 spiro atoms. The monoisotopic (exact) mass is 1030 g/mol. The van der Waals surface area contributed by atoms with Crippen LogP contribution in [-0.2, 0) is 0 Å². The van der Waals surface area contributed by atoms with E-state index < -0.39 is 0 Å². The molecule has 0 aliphatic rings. The number of anilines is 3. The van der Waals surface area contributed by atoms with Crippen LogP contribution in [0.3, 0.4) is 0 Å². The van der Waals surface area contributed by atoms with Crippen molar-refractivity contribution >= 4 is 17.1 Å². The van der Waals surface area contributed by atoms with Gasteiger partial charge in [0, 0.05) is 16.9 Å². The van der Waals surface area contributed by atoms with Gasteiger partial charge in [0.15, 0.2) is 0 Å². The summed E-state index contributed by atoms with van der Waals surface area (Å²) in [5.41, 5.74) is 12.9. The molecule has 0 aromatic heterocycles. The van der Waals surface area contributed by atoms with Gasteiger partial charge in [-0.3, -0.25) is 0 Å². The molecule has 0 aliphatic carbocycles. The van der Waals surface area contributed by atoms with Crippen LogP contribution < -0.4 is 4.90 Å². The maximum atomic E-state index is 2.35. The van der Waals surface area contributed by atoms with E-state index in [0.29, 0.717) is 0 Å². The summed E-state index contributed by atoms with van der Waals surface area (Å²) >= 11 is 0. The third-order valence-corrected chi connectivity index (χ3v) is 7.83. The Morgan fingerprint density at radius 2 is 0.387 bits per heavy atom. The number of para-hydroxylation sites is 2. The van der Waals surface area contributed by atoms with Crippen LogP contribution in [0.5, 0.6) is 0 Å². The van der Waals surface area contributed by atoms with Crippen LogP contribution in [0, 0.1) is 0 Å². The third-order valence-electron chi connectivity index (χ3n) is 7.83. The zero-order chi connectivity index (χ0) is 60.8. The highest BCUT2D eigenvalue weighted by Crippen LogP contribution is 2.43. The molecule has 0 aliphatic heterocycles. The Morgan fingerprint density at radius 3 is 0.640 bits per heavy atom. The van der Waals surface area contributed by atoms with Gasteiger partial charge in [-0.25, -0.2) is 0 Å². The van der Waals surface area contributed by atoms with E-state index in [2.05, 4.69) is 193 Å². The summed E-state index contributed by atoms with van der Waals surface area (Å²) in [4.78, 5) is 2.35. The molecule has 0 N–H and O–H groups in total. The van der Waals surface area contributed by atoms with E-state index >= 15 is 0 Å². The largest absolute Gasteiger partial charge is 0.310 e. The van der Waals surface area contributed by atoms with Gasteiger partial charge in [0.2, 0.25) is 0 Å². The Kier molecular flexibility index (Phi) is 101. The lowest BCUT2D eigenvalue weighted by atomic mass is 9.91. The lowest BCUT2D eigenvalue weighted by Gasteiger charge is -2.28. The van der Waals surface area contributed by atoms with Crippen molar-refractivity contribution in [1.29, 1.82) is 0 Å². The third kappa shape index (κ3) is 39.4. The second-order valence-electron chi connectivity index (χ2n) is 10.6. The Bertz CT molecular complexity index is 1840. The van der Waals surface area contributed by atoms with Gasteiger partial charge in [-0.15, -0.1) is 0 Å². The van der Waals surface area contributed by atoms with E-state index in [4.69, 9.17) is 0 Å². The van der Waals surface area contributed by atoms with Gasteiger partial charge in [0.25, 0.3) is 0 Å². The zero-order valence-corrected chi connectivity index (χ0v) is 55.8. The Labute approximate surface area is 473 Å². The van der Waals surface area contributed by atoms with Crippen LogP contribution in [-0.4, -0.2) is 0 Å². The van der Waals surface area contributed by atoms with Crippen molar-refractivity contribution < 1.29 is 0 Å². The molecule has 7 aromatic rings. The average molecular weight is 1030 g/mol. The molecular weight excluding hydrogens is 903 g/mol. The summed E-state index contributed by atoms with van der Waals surface area (Å²) in [6, 6.07) is 67.1. The molecule has 1 heteroatoms. The fourth-order valence-corrected chi connectivity index (χ4v) is 5.73. The fraction of sp³-hybridized carbons (Fsp3) is 0.432. The first kappa shape index (κ1) is 92.0. The van der Waals surface area contributed by atoms with E-state index in [-0.39, 0.29) is 0 Å². The summed E-state index contributed by atoms with van der Waals surface area (Å²) in [7, 11) is 0. The number of rotatable bonds is 7. The second-order valence-corrected chi connectivity index (χ2v) is 10.6. The molecule has 0 fully saturated rings. The normalized spacial score (nSPS) is 7.47. The van der Waals surface area contributed by atoms with Crippen molar-refractivity contribution in [2.45, 2.75) is 222 Å². The molecule has 0 heterocycles. The van der Waals surface area contributed by atoms with Crippen LogP contribution in [0.25, 0.3) is 44.5 Å². The quantitative estimate of drug-likeness (QED) is 0.154. The van der Waals surface area contributed by atoms with Crippen LogP contribution in [0.1, 0.15) is 222 Å². The summed E-state index contributed by atoms with van der Waals surface area (Å²) in [6.07, 6.45) is 0. The van der Waals surface area contributed by atoms with Gasteiger partial charge >= 0.3 is 0 Å². The lowest BCUT2D eigenvalue weighted by Crippen LogP contribution is -2.11. The van der Waals surface area contributed by atoms with E-state index in [1.54, 1.807) is 0 Å². The molecule has 1 nitrogen and oxygen atoms in total. The molecule has 428 valence electrons. The van der Waals surface area contributed by atoms with Gasteiger partial charge < -0.3 is 4.90 Å². The van der Waals surface area contributed by atoms with Crippen molar-refractivity contribution in [2.24, 2.45) is 0 Å². The first-order valence-electron chi connectivity index (χ1n) is 30.7. The van der Waals surface area contributed by atoms with Crippen molar-refractivity contribution in [3.8, 4) is 44.5 Å². The van der Waals surface area contributed by atoms with E-state index in [1.807, 2.05) is 222 Å². The molecule has 7 aromatic carbocycles. The SMILES string of the molecule is CC.CC.CC.CC.CC.CC.CC.CC.CC.CC.CC.CC.CC.CC.CC.CC.c1ccc(-c2cc(-c3ccccc3)cc(-c3ccc(N(c4ccccc4)c4ccccc4)c(-c4ccccc4)c3)c2)cc1. The smallest absolute Gasteiger partial charge is 0.0540 e. The average Bonchev–Trinajstić information content (AvgIpc) is 3.58. The van der Waals surface area contributed by atoms with Crippen molar-refractivity contribution in [1.82, 2.24) is 0 Å². The van der Waals surface area contributed by atoms with E-state index in [1.165, 1.54) is 44.5 Å². The highest BCUT2D eigenvalue weighted by molar-refractivity contribution is 5.91. The Hall–Kier alpha value is -5.66. The molecule has 7 rings (SSSR count). The molecule has 0 saturated heterocycles.